The average molecular weight is 313 g/mol. The molecule has 0 amide bonds. The van der Waals surface area contributed by atoms with Crippen LogP contribution in [0.1, 0.15) is 78.1 Å². The van der Waals surface area contributed by atoms with Crippen molar-refractivity contribution in [2.75, 3.05) is 0 Å². The van der Waals surface area contributed by atoms with Gasteiger partial charge in [-0.05, 0) is 26.1 Å². The highest BCUT2D eigenvalue weighted by Crippen LogP contribution is 2.19. The van der Waals surface area contributed by atoms with Crippen LogP contribution in [-0.4, -0.2) is 14.3 Å². The number of carbonyl (C=O) groups excluding carboxylic acids is 1. The molecule has 0 aliphatic carbocycles. The van der Waals surface area contributed by atoms with E-state index in [1.165, 1.54) is 64.2 Å². The van der Waals surface area contributed by atoms with E-state index in [9.17, 15) is 4.79 Å². The van der Waals surface area contributed by atoms with Crippen LogP contribution in [0.5, 0.6) is 0 Å². The average Bonchev–Trinajstić information content (AvgIpc) is 2.40. The lowest BCUT2D eigenvalue weighted by Crippen LogP contribution is -2.33. The van der Waals surface area contributed by atoms with E-state index in [0.29, 0.717) is 5.57 Å². The van der Waals surface area contributed by atoms with Gasteiger partial charge in [0.1, 0.15) is 0 Å². The molecule has 0 aliphatic heterocycles. The third-order valence-corrected chi connectivity index (χ3v) is 6.15. The zero-order chi connectivity index (χ0) is 16.1. The van der Waals surface area contributed by atoms with E-state index in [4.69, 9.17) is 4.43 Å². The van der Waals surface area contributed by atoms with Crippen molar-refractivity contribution in [1.29, 1.82) is 0 Å². The van der Waals surface area contributed by atoms with Crippen molar-refractivity contribution in [3.05, 3.63) is 12.2 Å². The van der Waals surface area contributed by atoms with Crippen LogP contribution in [0, 0.1) is 0 Å². The van der Waals surface area contributed by atoms with Gasteiger partial charge in [0.25, 0.3) is 0 Å². The highest BCUT2D eigenvalue weighted by atomic mass is 28.4. The summed E-state index contributed by atoms with van der Waals surface area (Å²) in [6.45, 7) is 11.9. The highest BCUT2D eigenvalue weighted by molar-refractivity contribution is 6.72. The van der Waals surface area contributed by atoms with E-state index in [1.54, 1.807) is 6.92 Å². The molecule has 0 aliphatic rings. The minimum absolute atomic E-state index is 0.209. The molecule has 0 aromatic heterocycles. The van der Waals surface area contributed by atoms with Gasteiger partial charge in [0.05, 0.1) is 0 Å². The Hall–Kier alpha value is -0.573. The standard InChI is InChI=1S/C18H36O2Si/c1-6-7-8-9-10-11-12-13-14-15-16-21(4,5)20-18(19)17(2)3/h2,6-16H2,1,3-5H3. The maximum absolute atomic E-state index is 11.6. The molecule has 2 nitrogen and oxygen atoms in total. The molecule has 0 aromatic carbocycles. The van der Waals surface area contributed by atoms with Gasteiger partial charge in [-0.15, -0.1) is 0 Å². The summed E-state index contributed by atoms with van der Waals surface area (Å²) in [4.78, 5) is 11.6. The molecule has 3 heteroatoms. The number of hydrogen-bond donors (Lipinski definition) is 0. The summed E-state index contributed by atoms with van der Waals surface area (Å²) in [6, 6.07) is 1.07. The van der Waals surface area contributed by atoms with E-state index in [1.807, 2.05) is 0 Å². The molecule has 21 heavy (non-hydrogen) atoms. The summed E-state index contributed by atoms with van der Waals surface area (Å²) in [5.74, 6) is -0.209. The minimum Gasteiger partial charge on any atom is -0.516 e. The maximum atomic E-state index is 11.6. The van der Waals surface area contributed by atoms with Crippen LogP contribution >= 0.6 is 0 Å². The van der Waals surface area contributed by atoms with Crippen molar-refractivity contribution < 1.29 is 9.22 Å². The second-order valence-electron chi connectivity index (χ2n) is 6.86. The summed E-state index contributed by atoms with van der Waals surface area (Å²) in [5, 5.41) is 0. The van der Waals surface area contributed by atoms with Gasteiger partial charge in [0.2, 0.25) is 8.32 Å². The van der Waals surface area contributed by atoms with Gasteiger partial charge in [0, 0.05) is 5.57 Å². The number of carbonyl (C=O) groups is 1. The zero-order valence-electron chi connectivity index (χ0n) is 14.8. The number of unbranched alkanes of at least 4 members (excludes halogenated alkanes) is 9. The fourth-order valence-corrected chi connectivity index (χ4v) is 4.31. The largest absolute Gasteiger partial charge is 0.516 e. The van der Waals surface area contributed by atoms with Crippen molar-refractivity contribution in [1.82, 2.24) is 0 Å². The Morgan fingerprint density at radius 2 is 1.33 bits per heavy atom. The second-order valence-corrected chi connectivity index (χ2v) is 11.1. The van der Waals surface area contributed by atoms with Crippen LogP contribution in [0.4, 0.5) is 0 Å². The van der Waals surface area contributed by atoms with Gasteiger partial charge in [-0.1, -0.05) is 77.7 Å². The van der Waals surface area contributed by atoms with Gasteiger partial charge in [-0.2, -0.15) is 0 Å². The van der Waals surface area contributed by atoms with E-state index in [0.717, 1.165) is 6.04 Å². The monoisotopic (exact) mass is 312 g/mol. The molecule has 0 radical (unpaired) electrons. The van der Waals surface area contributed by atoms with Gasteiger partial charge < -0.3 is 4.43 Å². The molecular formula is C18H36O2Si. The SMILES string of the molecule is C=C(C)C(=O)O[Si](C)(C)CCCCCCCCCCCC. The number of hydrogen-bond acceptors (Lipinski definition) is 2. The van der Waals surface area contributed by atoms with E-state index in [2.05, 4.69) is 26.6 Å². The van der Waals surface area contributed by atoms with Crippen LogP contribution in [0.2, 0.25) is 19.1 Å². The van der Waals surface area contributed by atoms with Crippen LogP contribution in [-0.2, 0) is 9.22 Å². The lowest BCUT2D eigenvalue weighted by molar-refractivity contribution is -0.130. The fourth-order valence-electron chi connectivity index (χ4n) is 2.43. The predicted molar refractivity (Wildman–Crippen MR) is 95.0 cm³/mol. The van der Waals surface area contributed by atoms with E-state index >= 15 is 0 Å². The van der Waals surface area contributed by atoms with Crippen LogP contribution in [0.25, 0.3) is 0 Å². The first-order valence-electron chi connectivity index (χ1n) is 8.78. The third kappa shape index (κ3) is 12.9. The van der Waals surface area contributed by atoms with Crippen molar-refractivity contribution in [3.8, 4) is 0 Å². The molecule has 0 heterocycles. The topological polar surface area (TPSA) is 26.3 Å². The molecule has 0 N–H and O–H groups in total. The number of rotatable bonds is 13. The van der Waals surface area contributed by atoms with Crippen molar-refractivity contribution >= 4 is 14.3 Å². The van der Waals surface area contributed by atoms with Crippen molar-refractivity contribution in [2.45, 2.75) is 97.2 Å². The fraction of sp³-hybridized carbons (Fsp3) is 0.833. The maximum Gasteiger partial charge on any atom is 0.319 e. The molecule has 0 saturated heterocycles. The highest BCUT2D eigenvalue weighted by Gasteiger charge is 2.26. The zero-order valence-corrected chi connectivity index (χ0v) is 15.8. The lowest BCUT2D eigenvalue weighted by atomic mass is 10.1. The third-order valence-electron chi connectivity index (χ3n) is 3.85. The first kappa shape index (κ1) is 20.4. The quantitative estimate of drug-likeness (QED) is 0.229. The molecule has 0 saturated carbocycles. The summed E-state index contributed by atoms with van der Waals surface area (Å²) in [5.41, 5.74) is 0.513. The summed E-state index contributed by atoms with van der Waals surface area (Å²) in [7, 11) is -1.83. The van der Waals surface area contributed by atoms with E-state index < -0.39 is 8.32 Å². The van der Waals surface area contributed by atoms with Crippen molar-refractivity contribution in [3.63, 3.8) is 0 Å². The van der Waals surface area contributed by atoms with E-state index in [-0.39, 0.29) is 5.97 Å². The second kappa shape index (κ2) is 12.0. The Kier molecular flexibility index (Phi) is 11.7. The van der Waals surface area contributed by atoms with Crippen LogP contribution in [0.3, 0.4) is 0 Å². The summed E-state index contributed by atoms with van der Waals surface area (Å²) in [6.07, 6.45) is 13.5. The minimum atomic E-state index is -1.83. The Labute approximate surface area is 133 Å². The molecule has 0 atom stereocenters. The Balaban J connectivity index is 3.49. The smallest absolute Gasteiger partial charge is 0.319 e. The lowest BCUT2D eigenvalue weighted by Gasteiger charge is -2.22. The first-order valence-corrected chi connectivity index (χ1v) is 11.9. The molecule has 0 bridgehead atoms. The Morgan fingerprint density at radius 1 is 0.905 bits per heavy atom. The molecule has 0 rings (SSSR count). The summed E-state index contributed by atoms with van der Waals surface area (Å²) < 4.78 is 5.58. The van der Waals surface area contributed by atoms with Crippen molar-refractivity contribution in [2.24, 2.45) is 0 Å². The first-order chi connectivity index (χ1) is 9.89. The molecule has 124 valence electrons. The Bertz CT molecular complexity index is 298. The molecule has 0 fully saturated rings. The van der Waals surface area contributed by atoms with Gasteiger partial charge in [-0.3, -0.25) is 0 Å². The summed E-state index contributed by atoms with van der Waals surface area (Å²) >= 11 is 0. The normalized spacial score (nSPS) is 11.4. The van der Waals surface area contributed by atoms with Crippen LogP contribution in [0.15, 0.2) is 12.2 Å². The van der Waals surface area contributed by atoms with Crippen LogP contribution < -0.4 is 0 Å². The molecular weight excluding hydrogens is 276 g/mol. The molecule has 0 aromatic rings. The molecule has 0 unspecified atom stereocenters. The predicted octanol–water partition coefficient (Wildman–Crippen LogP) is 6.23. The van der Waals surface area contributed by atoms with Gasteiger partial charge in [0.15, 0.2) is 0 Å². The molecule has 0 spiro atoms. The van der Waals surface area contributed by atoms with Gasteiger partial charge >= 0.3 is 5.97 Å². The van der Waals surface area contributed by atoms with Gasteiger partial charge in [-0.25, -0.2) is 4.79 Å². The Morgan fingerprint density at radius 3 is 1.76 bits per heavy atom.